The van der Waals surface area contributed by atoms with Gasteiger partial charge in [-0.25, -0.2) is 4.68 Å². The highest BCUT2D eigenvalue weighted by Gasteiger charge is 2.11. The van der Waals surface area contributed by atoms with Crippen molar-refractivity contribution >= 4 is 23.2 Å². The molecule has 0 amide bonds. The minimum atomic E-state index is -0.176. The van der Waals surface area contributed by atoms with Crippen LogP contribution < -0.4 is 10.2 Å². The number of aryl methyl sites for hydroxylation is 1. The quantitative estimate of drug-likeness (QED) is 0.818. The highest BCUT2D eigenvalue weighted by Crippen LogP contribution is 2.26. The molecule has 0 spiro atoms. The second kappa shape index (κ2) is 5.63. The summed E-state index contributed by atoms with van der Waals surface area (Å²) in [6, 6.07) is 6.69. The fourth-order valence-electron chi connectivity index (χ4n) is 1.75. The molecule has 0 radical (unpaired) electrons. The normalized spacial score (nSPS) is 10.5. The molecule has 0 unspecified atom stereocenters. The van der Waals surface area contributed by atoms with Crippen molar-refractivity contribution < 1.29 is 4.74 Å². The van der Waals surface area contributed by atoms with Gasteiger partial charge in [0.15, 0.2) is 0 Å². The maximum atomic E-state index is 11.7. The van der Waals surface area contributed by atoms with Crippen LogP contribution in [0.4, 0.5) is 0 Å². The Morgan fingerprint density at radius 1 is 1.37 bits per heavy atom. The molecule has 1 aromatic heterocycles. The van der Waals surface area contributed by atoms with Crippen LogP contribution in [0.15, 0.2) is 29.1 Å². The van der Waals surface area contributed by atoms with Gasteiger partial charge in [-0.2, -0.15) is 5.10 Å². The number of aromatic nitrogens is 2. The van der Waals surface area contributed by atoms with Crippen molar-refractivity contribution in [2.45, 2.75) is 12.8 Å². The molecule has 0 N–H and O–H groups in total. The van der Waals surface area contributed by atoms with E-state index in [1.165, 1.54) is 6.07 Å². The lowest BCUT2D eigenvalue weighted by molar-refractivity contribution is 0.411. The fraction of sp³-hybridized carbons (Fsp3) is 0.231. The van der Waals surface area contributed by atoms with E-state index in [0.717, 1.165) is 0 Å². The molecule has 19 heavy (non-hydrogen) atoms. The first-order valence-corrected chi connectivity index (χ1v) is 6.47. The van der Waals surface area contributed by atoms with Crippen LogP contribution in [0.5, 0.6) is 5.75 Å². The standard InChI is InChI=1S/C13H12Cl2N2O2/c1-8-5-12(18)10(7-14)16-17(8)11-6-9(15)3-4-13(11)19-2/h3-6H,7H2,1-2H3. The zero-order valence-corrected chi connectivity index (χ0v) is 12.0. The zero-order valence-electron chi connectivity index (χ0n) is 10.5. The van der Waals surface area contributed by atoms with Crippen molar-refractivity contribution in [2.24, 2.45) is 0 Å². The summed E-state index contributed by atoms with van der Waals surface area (Å²) in [5.41, 5.74) is 1.46. The molecule has 100 valence electrons. The lowest BCUT2D eigenvalue weighted by Gasteiger charge is -2.14. The van der Waals surface area contributed by atoms with Gasteiger partial charge in [0.2, 0.25) is 5.43 Å². The molecular formula is C13H12Cl2N2O2. The predicted molar refractivity (Wildman–Crippen MR) is 75.7 cm³/mol. The van der Waals surface area contributed by atoms with Crippen molar-refractivity contribution in [3.05, 3.63) is 50.9 Å². The molecule has 2 rings (SSSR count). The van der Waals surface area contributed by atoms with Crippen LogP contribution in [-0.2, 0) is 5.88 Å². The van der Waals surface area contributed by atoms with Crippen LogP contribution in [0, 0.1) is 6.92 Å². The largest absolute Gasteiger partial charge is 0.494 e. The Hall–Kier alpha value is -1.52. The molecule has 1 heterocycles. The second-order valence-corrected chi connectivity index (χ2v) is 4.66. The van der Waals surface area contributed by atoms with Gasteiger partial charge in [-0.3, -0.25) is 4.79 Å². The molecule has 0 saturated heterocycles. The van der Waals surface area contributed by atoms with Crippen molar-refractivity contribution in [1.29, 1.82) is 0 Å². The van der Waals surface area contributed by atoms with Gasteiger partial charge in [-0.05, 0) is 25.1 Å². The SMILES string of the molecule is COc1ccc(Cl)cc1-n1nc(CCl)c(=O)cc1C. The van der Waals surface area contributed by atoms with E-state index in [1.54, 1.807) is 36.9 Å². The Kier molecular flexibility index (Phi) is 4.12. The highest BCUT2D eigenvalue weighted by molar-refractivity contribution is 6.30. The van der Waals surface area contributed by atoms with Crippen LogP contribution in [0.25, 0.3) is 5.69 Å². The number of methoxy groups -OCH3 is 1. The van der Waals surface area contributed by atoms with E-state index in [4.69, 9.17) is 27.9 Å². The fourth-order valence-corrected chi connectivity index (χ4v) is 2.10. The maximum Gasteiger partial charge on any atom is 0.204 e. The molecule has 0 fully saturated rings. The monoisotopic (exact) mass is 298 g/mol. The van der Waals surface area contributed by atoms with E-state index in [9.17, 15) is 4.79 Å². The summed E-state index contributed by atoms with van der Waals surface area (Å²) in [6.07, 6.45) is 0. The average molecular weight is 299 g/mol. The Morgan fingerprint density at radius 3 is 2.74 bits per heavy atom. The van der Waals surface area contributed by atoms with Gasteiger partial charge in [0.1, 0.15) is 17.1 Å². The topological polar surface area (TPSA) is 44.1 Å². The van der Waals surface area contributed by atoms with Crippen LogP contribution >= 0.6 is 23.2 Å². The second-order valence-electron chi connectivity index (χ2n) is 3.96. The molecule has 0 saturated carbocycles. The minimum Gasteiger partial charge on any atom is -0.494 e. The average Bonchev–Trinajstić information content (AvgIpc) is 2.39. The number of rotatable bonds is 3. The smallest absolute Gasteiger partial charge is 0.204 e. The third-order valence-electron chi connectivity index (χ3n) is 2.67. The van der Waals surface area contributed by atoms with Gasteiger partial charge in [0.05, 0.1) is 13.0 Å². The van der Waals surface area contributed by atoms with E-state index in [-0.39, 0.29) is 17.0 Å². The first kappa shape index (κ1) is 13.9. The van der Waals surface area contributed by atoms with Crippen LogP contribution in [0.3, 0.4) is 0 Å². The number of benzene rings is 1. The number of hydrogen-bond donors (Lipinski definition) is 0. The van der Waals surface area contributed by atoms with E-state index in [2.05, 4.69) is 5.10 Å². The van der Waals surface area contributed by atoms with Crippen molar-refractivity contribution in [2.75, 3.05) is 7.11 Å². The molecule has 1 aromatic carbocycles. The predicted octanol–water partition coefficient (Wildman–Crippen LogP) is 2.94. The van der Waals surface area contributed by atoms with Gasteiger partial charge in [0.25, 0.3) is 0 Å². The van der Waals surface area contributed by atoms with Gasteiger partial charge in [0, 0.05) is 16.8 Å². The summed E-state index contributed by atoms with van der Waals surface area (Å²) in [5.74, 6) is 0.673. The molecule has 6 heteroatoms. The molecule has 2 aromatic rings. The minimum absolute atomic E-state index is 0.0575. The first-order valence-electron chi connectivity index (χ1n) is 5.56. The lowest BCUT2D eigenvalue weighted by Crippen LogP contribution is -2.18. The van der Waals surface area contributed by atoms with E-state index in [0.29, 0.717) is 22.2 Å². The third-order valence-corrected chi connectivity index (χ3v) is 3.16. The summed E-state index contributed by atoms with van der Waals surface area (Å²) in [6.45, 7) is 1.78. The van der Waals surface area contributed by atoms with Gasteiger partial charge >= 0.3 is 0 Å². The first-order chi connectivity index (χ1) is 9.06. The Labute approximate surface area is 120 Å². The summed E-state index contributed by atoms with van der Waals surface area (Å²) in [7, 11) is 1.56. The van der Waals surface area contributed by atoms with Gasteiger partial charge in [-0.15, -0.1) is 11.6 Å². The molecule has 0 aliphatic heterocycles. The van der Waals surface area contributed by atoms with E-state index < -0.39 is 0 Å². The maximum absolute atomic E-state index is 11.7. The summed E-state index contributed by atoms with van der Waals surface area (Å²) < 4.78 is 6.88. The van der Waals surface area contributed by atoms with Crippen LogP contribution in [0.1, 0.15) is 11.4 Å². The molecular weight excluding hydrogens is 287 g/mol. The summed E-state index contributed by atoms with van der Waals surface area (Å²) >= 11 is 11.7. The zero-order chi connectivity index (χ0) is 14.0. The van der Waals surface area contributed by atoms with Crippen molar-refractivity contribution in [1.82, 2.24) is 9.78 Å². The van der Waals surface area contributed by atoms with Gasteiger partial charge < -0.3 is 4.74 Å². The Bertz CT molecular complexity index is 668. The van der Waals surface area contributed by atoms with E-state index >= 15 is 0 Å². The number of nitrogens with zero attached hydrogens (tertiary/aromatic N) is 2. The number of hydrogen-bond acceptors (Lipinski definition) is 3. The van der Waals surface area contributed by atoms with Crippen LogP contribution in [-0.4, -0.2) is 16.9 Å². The highest BCUT2D eigenvalue weighted by atomic mass is 35.5. The lowest BCUT2D eigenvalue weighted by atomic mass is 10.2. The number of halogens is 2. The number of alkyl halides is 1. The molecule has 0 aliphatic carbocycles. The molecule has 0 aliphatic rings. The van der Waals surface area contributed by atoms with E-state index in [1.807, 2.05) is 0 Å². The van der Waals surface area contributed by atoms with Crippen molar-refractivity contribution in [3.63, 3.8) is 0 Å². The van der Waals surface area contributed by atoms with Gasteiger partial charge in [-0.1, -0.05) is 11.6 Å². The third kappa shape index (κ3) is 2.74. The summed E-state index contributed by atoms with van der Waals surface area (Å²) in [5, 5.41) is 4.80. The molecule has 4 nitrogen and oxygen atoms in total. The summed E-state index contributed by atoms with van der Waals surface area (Å²) in [4.78, 5) is 11.7. The molecule has 0 bridgehead atoms. The Balaban J connectivity index is 2.71. The van der Waals surface area contributed by atoms with Crippen molar-refractivity contribution in [3.8, 4) is 11.4 Å². The number of ether oxygens (including phenoxy) is 1. The van der Waals surface area contributed by atoms with Crippen LogP contribution in [0.2, 0.25) is 5.02 Å². The molecule has 0 atom stereocenters. The Morgan fingerprint density at radius 2 is 2.11 bits per heavy atom.